The van der Waals surface area contributed by atoms with E-state index in [1.807, 2.05) is 19.9 Å². The lowest BCUT2D eigenvalue weighted by Gasteiger charge is -2.03. The molecule has 0 radical (unpaired) electrons. The second kappa shape index (κ2) is 7.06. The average Bonchev–Trinajstić information content (AvgIpc) is 2.12. The van der Waals surface area contributed by atoms with Crippen molar-refractivity contribution in [1.29, 1.82) is 0 Å². The van der Waals surface area contributed by atoms with Crippen LogP contribution in [0, 0.1) is 0 Å². The first-order chi connectivity index (χ1) is 6.61. The van der Waals surface area contributed by atoms with Crippen LogP contribution in [-0.4, -0.2) is 11.7 Å². The van der Waals surface area contributed by atoms with E-state index in [2.05, 4.69) is 16.6 Å². The van der Waals surface area contributed by atoms with Crippen molar-refractivity contribution >= 4 is 11.7 Å². The molecule has 0 aliphatic carbocycles. The minimum absolute atomic E-state index is 0.398. The van der Waals surface area contributed by atoms with Gasteiger partial charge in [-0.25, -0.2) is 4.79 Å². The smallest absolute Gasteiger partial charge is 0.318 e. The quantitative estimate of drug-likeness (QED) is 0.293. The van der Waals surface area contributed by atoms with Crippen LogP contribution in [0.3, 0.4) is 0 Å². The molecule has 0 N–H and O–H groups in total. The fourth-order valence-corrected chi connectivity index (χ4v) is 0.944. The molecule has 0 rings (SSSR count). The topological polar surface area (TPSA) is 38.7 Å². The van der Waals surface area contributed by atoms with Crippen molar-refractivity contribution in [2.75, 3.05) is 0 Å². The molecule has 78 valence electrons. The van der Waals surface area contributed by atoms with Crippen LogP contribution >= 0.6 is 0 Å². The number of rotatable bonds is 5. The van der Waals surface area contributed by atoms with Gasteiger partial charge < -0.3 is 4.84 Å². The molecule has 0 aliphatic heterocycles. The number of carbonyl (C=O) groups excluding carboxylic acids is 1. The van der Waals surface area contributed by atoms with Crippen molar-refractivity contribution < 1.29 is 9.63 Å². The van der Waals surface area contributed by atoms with Gasteiger partial charge in [0.2, 0.25) is 0 Å². The molecule has 0 bridgehead atoms. The zero-order chi connectivity index (χ0) is 11.0. The number of nitrogens with zero attached hydrogens (tertiary/aromatic N) is 1. The van der Waals surface area contributed by atoms with Gasteiger partial charge in [0.15, 0.2) is 0 Å². The molecule has 0 aromatic rings. The SMILES string of the molecule is C=CC=C(C)C(CCC)=NOC(C)=O. The molecule has 0 aromatic carbocycles. The fourth-order valence-electron chi connectivity index (χ4n) is 0.944. The van der Waals surface area contributed by atoms with Crippen molar-refractivity contribution in [3.05, 3.63) is 24.3 Å². The molecule has 0 atom stereocenters. The third-order valence-corrected chi connectivity index (χ3v) is 1.59. The van der Waals surface area contributed by atoms with Crippen molar-refractivity contribution in [3.63, 3.8) is 0 Å². The second-order valence-corrected chi connectivity index (χ2v) is 2.96. The molecule has 0 heterocycles. The normalized spacial score (nSPS) is 12.5. The monoisotopic (exact) mass is 195 g/mol. The molecule has 14 heavy (non-hydrogen) atoms. The first-order valence-corrected chi connectivity index (χ1v) is 4.66. The summed E-state index contributed by atoms with van der Waals surface area (Å²) in [6.45, 7) is 8.89. The molecule has 0 aliphatic rings. The maximum absolute atomic E-state index is 10.6. The van der Waals surface area contributed by atoms with E-state index in [0.29, 0.717) is 0 Å². The van der Waals surface area contributed by atoms with Crippen molar-refractivity contribution in [2.45, 2.75) is 33.6 Å². The van der Waals surface area contributed by atoms with E-state index in [4.69, 9.17) is 0 Å². The van der Waals surface area contributed by atoms with Crippen molar-refractivity contribution in [3.8, 4) is 0 Å². The minimum Gasteiger partial charge on any atom is -0.318 e. The Morgan fingerprint density at radius 3 is 2.57 bits per heavy atom. The van der Waals surface area contributed by atoms with Crippen LogP contribution in [0.15, 0.2) is 29.5 Å². The summed E-state index contributed by atoms with van der Waals surface area (Å²) >= 11 is 0. The van der Waals surface area contributed by atoms with Gasteiger partial charge in [0, 0.05) is 6.92 Å². The van der Waals surface area contributed by atoms with Crippen LogP contribution < -0.4 is 0 Å². The summed E-state index contributed by atoms with van der Waals surface area (Å²) in [6.07, 6.45) is 5.29. The Kier molecular flexibility index (Phi) is 6.37. The number of hydrogen-bond donors (Lipinski definition) is 0. The minimum atomic E-state index is -0.398. The van der Waals surface area contributed by atoms with E-state index in [-0.39, 0.29) is 0 Å². The third kappa shape index (κ3) is 5.30. The standard InChI is InChI=1S/C11H17NO2/c1-5-7-9(3)11(8-6-2)12-14-10(4)13/h5,7H,1,6,8H2,2-4H3. The Bertz CT molecular complexity index is 264. The first kappa shape index (κ1) is 12.6. The zero-order valence-corrected chi connectivity index (χ0v) is 9.04. The Hall–Kier alpha value is -1.38. The average molecular weight is 195 g/mol. The Balaban J connectivity index is 4.56. The van der Waals surface area contributed by atoms with E-state index in [1.54, 1.807) is 6.08 Å². The zero-order valence-electron chi connectivity index (χ0n) is 9.04. The van der Waals surface area contributed by atoms with Crippen LogP contribution in [-0.2, 0) is 9.63 Å². The molecule has 3 heteroatoms. The van der Waals surface area contributed by atoms with Crippen LogP contribution in [0.25, 0.3) is 0 Å². The molecular formula is C11H17NO2. The molecule has 0 amide bonds. The molecule has 0 fully saturated rings. The Morgan fingerprint density at radius 1 is 1.50 bits per heavy atom. The van der Waals surface area contributed by atoms with E-state index < -0.39 is 5.97 Å². The van der Waals surface area contributed by atoms with Crippen LogP contribution in [0.2, 0.25) is 0 Å². The predicted molar refractivity (Wildman–Crippen MR) is 58.1 cm³/mol. The van der Waals surface area contributed by atoms with Gasteiger partial charge in [-0.1, -0.05) is 37.2 Å². The molecule has 3 nitrogen and oxygen atoms in total. The highest BCUT2D eigenvalue weighted by molar-refractivity contribution is 5.99. The lowest BCUT2D eigenvalue weighted by Crippen LogP contribution is -2.03. The number of hydrogen-bond acceptors (Lipinski definition) is 3. The highest BCUT2D eigenvalue weighted by atomic mass is 16.7. The summed E-state index contributed by atoms with van der Waals surface area (Å²) < 4.78 is 0. The summed E-state index contributed by atoms with van der Waals surface area (Å²) in [4.78, 5) is 15.2. The Labute approximate surface area is 85.1 Å². The molecule has 0 spiro atoms. The maximum Gasteiger partial charge on any atom is 0.331 e. The van der Waals surface area contributed by atoms with Crippen LogP contribution in [0.4, 0.5) is 0 Å². The summed E-state index contributed by atoms with van der Waals surface area (Å²) in [6, 6.07) is 0. The van der Waals surface area contributed by atoms with Gasteiger partial charge in [-0.3, -0.25) is 0 Å². The van der Waals surface area contributed by atoms with Crippen LogP contribution in [0.5, 0.6) is 0 Å². The summed E-state index contributed by atoms with van der Waals surface area (Å²) in [5.41, 5.74) is 1.77. The highest BCUT2D eigenvalue weighted by Crippen LogP contribution is 2.05. The second-order valence-electron chi connectivity index (χ2n) is 2.96. The predicted octanol–water partition coefficient (Wildman–Crippen LogP) is 2.84. The molecule has 0 aromatic heterocycles. The van der Waals surface area contributed by atoms with E-state index in [9.17, 15) is 4.79 Å². The lowest BCUT2D eigenvalue weighted by atomic mass is 10.1. The number of allylic oxidation sites excluding steroid dienone is 3. The Morgan fingerprint density at radius 2 is 2.14 bits per heavy atom. The number of oxime groups is 1. The highest BCUT2D eigenvalue weighted by Gasteiger charge is 2.02. The van der Waals surface area contributed by atoms with Gasteiger partial charge >= 0.3 is 5.97 Å². The van der Waals surface area contributed by atoms with Gasteiger partial charge in [-0.2, -0.15) is 0 Å². The van der Waals surface area contributed by atoms with E-state index in [1.165, 1.54) is 6.92 Å². The lowest BCUT2D eigenvalue weighted by molar-refractivity contribution is -0.140. The van der Waals surface area contributed by atoms with Crippen molar-refractivity contribution in [1.82, 2.24) is 0 Å². The molecule has 0 saturated carbocycles. The summed E-state index contributed by atoms with van der Waals surface area (Å²) in [7, 11) is 0. The van der Waals surface area contributed by atoms with Crippen LogP contribution in [0.1, 0.15) is 33.6 Å². The first-order valence-electron chi connectivity index (χ1n) is 4.66. The van der Waals surface area contributed by atoms with Crippen molar-refractivity contribution in [2.24, 2.45) is 5.16 Å². The van der Waals surface area contributed by atoms with Gasteiger partial charge in [0.05, 0.1) is 5.71 Å². The van der Waals surface area contributed by atoms with Gasteiger partial charge in [0.25, 0.3) is 0 Å². The molecule has 0 saturated heterocycles. The van der Waals surface area contributed by atoms with Gasteiger partial charge in [0.1, 0.15) is 0 Å². The molecule has 0 unspecified atom stereocenters. The number of carbonyl (C=O) groups is 1. The maximum atomic E-state index is 10.6. The van der Waals surface area contributed by atoms with Gasteiger partial charge in [-0.05, 0) is 18.9 Å². The van der Waals surface area contributed by atoms with E-state index >= 15 is 0 Å². The van der Waals surface area contributed by atoms with E-state index in [0.717, 1.165) is 24.1 Å². The fraction of sp³-hybridized carbons (Fsp3) is 0.455. The largest absolute Gasteiger partial charge is 0.331 e. The summed E-state index contributed by atoms with van der Waals surface area (Å²) in [5.74, 6) is -0.398. The summed E-state index contributed by atoms with van der Waals surface area (Å²) in [5, 5.41) is 3.78. The van der Waals surface area contributed by atoms with Gasteiger partial charge in [-0.15, -0.1) is 0 Å². The molecular weight excluding hydrogens is 178 g/mol. The third-order valence-electron chi connectivity index (χ3n) is 1.59.